The molecule has 0 atom stereocenters. The molecular formula is C9H18N2. The fourth-order valence-corrected chi connectivity index (χ4v) is 0.852. The molecule has 0 N–H and O–H groups in total. The van der Waals surface area contributed by atoms with Crippen molar-refractivity contribution in [3.05, 3.63) is 18.2 Å². The molecule has 2 heteroatoms. The van der Waals surface area contributed by atoms with Crippen LogP contribution in [-0.4, -0.2) is 9.55 Å². The first-order valence-electron chi connectivity index (χ1n) is 4.31. The molecule has 1 heterocycles. The van der Waals surface area contributed by atoms with Gasteiger partial charge in [0.25, 0.3) is 0 Å². The van der Waals surface area contributed by atoms with Crippen molar-refractivity contribution >= 4 is 0 Å². The maximum atomic E-state index is 4.10. The Morgan fingerprint density at radius 2 is 2.09 bits per heavy atom. The average molecular weight is 154 g/mol. The van der Waals surface area contributed by atoms with Gasteiger partial charge in [0.2, 0.25) is 0 Å². The SMILES string of the molecule is CC.CCCn1cnc(C)c1. The summed E-state index contributed by atoms with van der Waals surface area (Å²) in [7, 11) is 0. The third-order valence-electron chi connectivity index (χ3n) is 1.24. The highest BCUT2D eigenvalue weighted by molar-refractivity contribution is 4.91. The Labute approximate surface area is 69.3 Å². The molecule has 0 spiro atoms. The molecule has 0 aliphatic rings. The molecule has 0 radical (unpaired) electrons. The molecular weight excluding hydrogens is 136 g/mol. The van der Waals surface area contributed by atoms with Crippen molar-refractivity contribution in [3.63, 3.8) is 0 Å². The van der Waals surface area contributed by atoms with Crippen LogP contribution in [0.1, 0.15) is 32.9 Å². The molecule has 11 heavy (non-hydrogen) atoms. The number of hydrogen-bond acceptors (Lipinski definition) is 1. The molecule has 0 fully saturated rings. The fraction of sp³-hybridized carbons (Fsp3) is 0.667. The van der Waals surface area contributed by atoms with Gasteiger partial charge in [0, 0.05) is 12.7 Å². The van der Waals surface area contributed by atoms with Crippen molar-refractivity contribution < 1.29 is 0 Å². The van der Waals surface area contributed by atoms with Gasteiger partial charge in [0.15, 0.2) is 0 Å². The van der Waals surface area contributed by atoms with Crippen LogP contribution in [0.3, 0.4) is 0 Å². The van der Waals surface area contributed by atoms with E-state index in [0.717, 1.165) is 12.2 Å². The Kier molecular flexibility index (Phi) is 5.53. The second kappa shape index (κ2) is 5.96. The van der Waals surface area contributed by atoms with Crippen LogP contribution in [-0.2, 0) is 6.54 Å². The minimum Gasteiger partial charge on any atom is -0.337 e. The number of nitrogens with zero attached hydrogens (tertiary/aromatic N) is 2. The van der Waals surface area contributed by atoms with E-state index >= 15 is 0 Å². The molecule has 0 bridgehead atoms. The van der Waals surface area contributed by atoms with Gasteiger partial charge in [-0.15, -0.1) is 0 Å². The molecule has 64 valence electrons. The highest BCUT2D eigenvalue weighted by Crippen LogP contribution is 1.93. The smallest absolute Gasteiger partial charge is 0.0949 e. The normalized spacial score (nSPS) is 8.73. The Hall–Kier alpha value is -0.790. The van der Waals surface area contributed by atoms with Gasteiger partial charge in [-0.25, -0.2) is 4.98 Å². The fourth-order valence-electron chi connectivity index (χ4n) is 0.852. The first-order chi connectivity index (χ1) is 5.33. The standard InChI is InChI=1S/C7H12N2.C2H6/c1-3-4-9-5-7(2)8-6-9;1-2/h5-6H,3-4H2,1-2H3;1-2H3. The van der Waals surface area contributed by atoms with Crippen molar-refractivity contribution in [2.24, 2.45) is 0 Å². The van der Waals surface area contributed by atoms with Gasteiger partial charge >= 0.3 is 0 Å². The number of imidazole rings is 1. The number of hydrogen-bond donors (Lipinski definition) is 0. The van der Waals surface area contributed by atoms with Crippen LogP contribution in [0.15, 0.2) is 12.5 Å². The predicted octanol–water partition coefficient (Wildman–Crippen LogP) is 2.63. The summed E-state index contributed by atoms with van der Waals surface area (Å²) in [5.74, 6) is 0. The Balaban J connectivity index is 0.000000461. The summed E-state index contributed by atoms with van der Waals surface area (Å²) in [6.07, 6.45) is 5.11. The summed E-state index contributed by atoms with van der Waals surface area (Å²) >= 11 is 0. The number of aryl methyl sites for hydroxylation is 2. The molecule has 0 aliphatic carbocycles. The van der Waals surface area contributed by atoms with Crippen molar-refractivity contribution in [1.82, 2.24) is 9.55 Å². The highest BCUT2D eigenvalue weighted by Gasteiger charge is 1.88. The Morgan fingerprint density at radius 1 is 1.45 bits per heavy atom. The summed E-state index contributed by atoms with van der Waals surface area (Å²) in [5, 5.41) is 0. The number of aromatic nitrogens is 2. The zero-order valence-electron chi connectivity index (χ0n) is 7.96. The van der Waals surface area contributed by atoms with Gasteiger partial charge in [-0.3, -0.25) is 0 Å². The third kappa shape index (κ3) is 3.81. The number of rotatable bonds is 2. The van der Waals surface area contributed by atoms with E-state index in [1.807, 2.05) is 27.1 Å². The molecule has 0 amide bonds. The molecule has 1 rings (SSSR count). The summed E-state index contributed by atoms with van der Waals surface area (Å²) in [4.78, 5) is 4.10. The first-order valence-corrected chi connectivity index (χ1v) is 4.31. The van der Waals surface area contributed by atoms with Crippen molar-refractivity contribution in [1.29, 1.82) is 0 Å². The maximum Gasteiger partial charge on any atom is 0.0949 e. The molecule has 1 aromatic heterocycles. The lowest BCUT2D eigenvalue weighted by Crippen LogP contribution is -1.90. The van der Waals surface area contributed by atoms with Crippen molar-refractivity contribution in [3.8, 4) is 0 Å². The van der Waals surface area contributed by atoms with Crippen LogP contribution in [0.25, 0.3) is 0 Å². The monoisotopic (exact) mass is 154 g/mol. The molecule has 0 aromatic carbocycles. The molecule has 0 aliphatic heterocycles. The van der Waals surface area contributed by atoms with E-state index in [9.17, 15) is 0 Å². The van der Waals surface area contributed by atoms with Gasteiger partial charge in [0.1, 0.15) is 0 Å². The van der Waals surface area contributed by atoms with Gasteiger partial charge < -0.3 is 4.57 Å². The minimum absolute atomic E-state index is 1.08. The largest absolute Gasteiger partial charge is 0.337 e. The van der Waals surface area contributed by atoms with E-state index in [4.69, 9.17) is 0 Å². The molecule has 0 saturated carbocycles. The van der Waals surface area contributed by atoms with Gasteiger partial charge in [-0.1, -0.05) is 20.8 Å². The van der Waals surface area contributed by atoms with Crippen LogP contribution in [0, 0.1) is 6.92 Å². The summed E-state index contributed by atoms with van der Waals surface area (Å²) in [6.45, 7) is 9.25. The van der Waals surface area contributed by atoms with Crippen LogP contribution < -0.4 is 0 Å². The first kappa shape index (κ1) is 10.2. The van der Waals surface area contributed by atoms with Crippen LogP contribution in [0.4, 0.5) is 0 Å². The van der Waals surface area contributed by atoms with Gasteiger partial charge in [0.05, 0.1) is 12.0 Å². The van der Waals surface area contributed by atoms with E-state index < -0.39 is 0 Å². The summed E-state index contributed by atoms with van der Waals surface area (Å²) < 4.78 is 2.11. The zero-order chi connectivity index (χ0) is 8.69. The second-order valence-corrected chi connectivity index (χ2v) is 2.25. The second-order valence-electron chi connectivity index (χ2n) is 2.25. The van der Waals surface area contributed by atoms with Crippen molar-refractivity contribution in [2.45, 2.75) is 40.7 Å². The Morgan fingerprint density at radius 3 is 2.45 bits per heavy atom. The highest BCUT2D eigenvalue weighted by atomic mass is 15.0. The quantitative estimate of drug-likeness (QED) is 0.640. The average Bonchev–Trinajstić information content (AvgIpc) is 2.41. The van der Waals surface area contributed by atoms with E-state index in [2.05, 4.69) is 22.7 Å². The predicted molar refractivity (Wildman–Crippen MR) is 48.6 cm³/mol. The van der Waals surface area contributed by atoms with Gasteiger partial charge in [-0.05, 0) is 13.3 Å². The topological polar surface area (TPSA) is 17.8 Å². The maximum absolute atomic E-state index is 4.10. The van der Waals surface area contributed by atoms with Crippen LogP contribution in [0.5, 0.6) is 0 Å². The third-order valence-corrected chi connectivity index (χ3v) is 1.24. The van der Waals surface area contributed by atoms with E-state index in [0.29, 0.717) is 0 Å². The van der Waals surface area contributed by atoms with Crippen LogP contribution >= 0.6 is 0 Å². The molecule has 1 aromatic rings. The molecule has 2 nitrogen and oxygen atoms in total. The lowest BCUT2D eigenvalue weighted by molar-refractivity contribution is 0.678. The lowest BCUT2D eigenvalue weighted by Gasteiger charge is -1.93. The zero-order valence-corrected chi connectivity index (χ0v) is 7.96. The van der Waals surface area contributed by atoms with Crippen LogP contribution in [0.2, 0.25) is 0 Å². The lowest BCUT2D eigenvalue weighted by atomic mass is 10.5. The van der Waals surface area contributed by atoms with E-state index in [1.54, 1.807) is 0 Å². The molecule has 0 saturated heterocycles. The molecule has 0 unspecified atom stereocenters. The minimum atomic E-state index is 1.08. The van der Waals surface area contributed by atoms with Crippen molar-refractivity contribution in [2.75, 3.05) is 0 Å². The van der Waals surface area contributed by atoms with Gasteiger partial charge in [-0.2, -0.15) is 0 Å². The summed E-state index contributed by atoms with van der Waals surface area (Å²) in [5.41, 5.74) is 1.10. The van der Waals surface area contributed by atoms with E-state index in [-0.39, 0.29) is 0 Å². The van der Waals surface area contributed by atoms with E-state index in [1.165, 1.54) is 6.42 Å². The summed E-state index contributed by atoms with van der Waals surface area (Å²) in [6, 6.07) is 0. The Bertz CT molecular complexity index is 179.